The summed E-state index contributed by atoms with van der Waals surface area (Å²) in [6.07, 6.45) is 2.59. The molecule has 1 aliphatic heterocycles. The Hall–Kier alpha value is -1.90. The van der Waals surface area contributed by atoms with Crippen molar-refractivity contribution in [3.63, 3.8) is 0 Å². The summed E-state index contributed by atoms with van der Waals surface area (Å²) in [5, 5.41) is 9.06. The molecular formula is C18H21ClFN3O4. The van der Waals surface area contributed by atoms with Gasteiger partial charge in [0.05, 0.1) is 18.4 Å². The lowest BCUT2D eigenvalue weighted by molar-refractivity contribution is -0.138. The topological polar surface area (TPSA) is 88.7 Å². The predicted octanol–water partition coefficient (Wildman–Crippen LogP) is 0.957. The quantitative estimate of drug-likeness (QED) is 0.665. The first kappa shape index (κ1) is 18.5. The predicted molar refractivity (Wildman–Crippen MR) is 94.8 cm³/mol. The highest BCUT2D eigenvalue weighted by atomic mass is 35.5. The molecule has 4 atom stereocenters. The third kappa shape index (κ3) is 3.61. The van der Waals surface area contributed by atoms with Crippen LogP contribution in [0.25, 0.3) is 0 Å². The average Bonchev–Trinajstić information content (AvgIpc) is 3.16. The molecule has 1 saturated heterocycles. The molecule has 1 heterocycles. The van der Waals surface area contributed by atoms with E-state index < -0.39 is 5.82 Å². The second-order valence-corrected chi connectivity index (χ2v) is 7.71. The number of carbonyl (C=O) groups is 2. The number of amides is 2. The van der Waals surface area contributed by atoms with Crippen molar-refractivity contribution >= 4 is 23.4 Å². The van der Waals surface area contributed by atoms with Crippen molar-refractivity contribution in [1.82, 2.24) is 16.0 Å². The summed E-state index contributed by atoms with van der Waals surface area (Å²) >= 11 is 5.61. The minimum Gasteiger partial charge on any atom is -0.484 e. The van der Waals surface area contributed by atoms with Gasteiger partial charge in [-0.15, -0.1) is 0 Å². The molecule has 2 aliphatic carbocycles. The fraction of sp³-hybridized carbons (Fsp3) is 0.556. The number of hydrogen-bond donors (Lipinski definition) is 3. The van der Waals surface area contributed by atoms with Crippen LogP contribution >= 0.6 is 11.6 Å². The first-order valence-electron chi connectivity index (χ1n) is 8.97. The molecule has 9 heteroatoms. The SMILES string of the molecule is O=C(COc1ccc(Cl)c(F)c1)NC1CC2(NC(=O)C3COCN3)CCC12. The Morgan fingerprint density at radius 2 is 2.30 bits per heavy atom. The second-order valence-electron chi connectivity index (χ2n) is 7.31. The van der Waals surface area contributed by atoms with E-state index in [1.54, 1.807) is 0 Å². The van der Waals surface area contributed by atoms with Crippen molar-refractivity contribution in [2.45, 2.75) is 36.9 Å². The van der Waals surface area contributed by atoms with Crippen LogP contribution in [0.15, 0.2) is 18.2 Å². The molecule has 3 aliphatic rings. The Labute approximate surface area is 160 Å². The fourth-order valence-electron chi connectivity index (χ4n) is 4.09. The van der Waals surface area contributed by atoms with Gasteiger partial charge in [-0.25, -0.2) is 4.39 Å². The lowest BCUT2D eigenvalue weighted by Crippen LogP contribution is -2.76. The van der Waals surface area contributed by atoms with Crippen molar-refractivity contribution in [1.29, 1.82) is 0 Å². The molecule has 0 spiro atoms. The van der Waals surface area contributed by atoms with E-state index in [-0.39, 0.29) is 52.7 Å². The van der Waals surface area contributed by atoms with Crippen LogP contribution in [-0.2, 0) is 14.3 Å². The zero-order chi connectivity index (χ0) is 19.0. The van der Waals surface area contributed by atoms with Gasteiger partial charge in [-0.1, -0.05) is 11.6 Å². The summed E-state index contributed by atoms with van der Waals surface area (Å²) in [5.41, 5.74) is -0.209. The molecule has 0 radical (unpaired) electrons. The second kappa shape index (κ2) is 7.26. The summed E-state index contributed by atoms with van der Waals surface area (Å²) in [7, 11) is 0. The number of hydrogen-bond acceptors (Lipinski definition) is 5. The fourth-order valence-corrected chi connectivity index (χ4v) is 4.21. The monoisotopic (exact) mass is 397 g/mol. The van der Waals surface area contributed by atoms with Gasteiger partial charge in [-0.05, 0) is 31.4 Å². The van der Waals surface area contributed by atoms with Gasteiger partial charge in [0.1, 0.15) is 17.6 Å². The van der Waals surface area contributed by atoms with E-state index in [4.69, 9.17) is 21.1 Å². The molecule has 3 N–H and O–H groups in total. The highest BCUT2D eigenvalue weighted by Gasteiger charge is 2.61. The van der Waals surface area contributed by atoms with E-state index in [0.29, 0.717) is 19.8 Å². The van der Waals surface area contributed by atoms with Gasteiger partial charge in [0.25, 0.3) is 5.91 Å². The lowest BCUT2D eigenvalue weighted by atomic mass is 9.50. The van der Waals surface area contributed by atoms with E-state index >= 15 is 0 Å². The Balaban J connectivity index is 1.23. The molecule has 0 bridgehead atoms. The molecule has 7 nitrogen and oxygen atoms in total. The summed E-state index contributed by atoms with van der Waals surface area (Å²) in [5.74, 6) is -0.424. The highest BCUT2D eigenvalue weighted by molar-refractivity contribution is 6.30. The maximum Gasteiger partial charge on any atom is 0.258 e. The van der Waals surface area contributed by atoms with Gasteiger partial charge in [-0.2, -0.15) is 0 Å². The first-order chi connectivity index (χ1) is 13.0. The molecular weight excluding hydrogens is 377 g/mol. The van der Waals surface area contributed by atoms with Crippen LogP contribution < -0.4 is 20.7 Å². The maximum atomic E-state index is 13.4. The molecule has 0 aromatic heterocycles. The van der Waals surface area contributed by atoms with E-state index in [9.17, 15) is 14.0 Å². The minimum absolute atomic E-state index is 0.00371. The van der Waals surface area contributed by atoms with Crippen LogP contribution in [0.3, 0.4) is 0 Å². The normalized spacial score (nSPS) is 31.3. The number of carbonyl (C=O) groups excluding carboxylic acids is 2. The van der Waals surface area contributed by atoms with Crippen molar-refractivity contribution in [3.05, 3.63) is 29.0 Å². The Morgan fingerprint density at radius 3 is 2.93 bits per heavy atom. The standard InChI is InChI=1S/C18H21ClFN3O4/c19-12-2-1-10(5-13(12)20)27-8-16(24)22-14-6-18(4-3-11(14)18)23-17(25)15-7-26-9-21-15/h1-2,5,11,14-15,21H,3-4,6-9H2,(H,22,24)(H,23,25). The molecule has 2 amide bonds. The Kier molecular flexibility index (Phi) is 4.96. The number of fused-ring (bicyclic) bond motifs is 1. The third-order valence-electron chi connectivity index (χ3n) is 5.69. The summed E-state index contributed by atoms with van der Waals surface area (Å²) in [4.78, 5) is 24.4. The van der Waals surface area contributed by atoms with Crippen molar-refractivity contribution in [2.75, 3.05) is 19.9 Å². The highest BCUT2D eigenvalue weighted by Crippen LogP contribution is 2.53. The minimum atomic E-state index is -0.592. The number of halogens is 2. The van der Waals surface area contributed by atoms with Crippen LogP contribution in [-0.4, -0.2) is 49.4 Å². The van der Waals surface area contributed by atoms with Crippen molar-refractivity contribution in [2.24, 2.45) is 5.92 Å². The molecule has 1 aromatic rings. The van der Waals surface area contributed by atoms with Crippen molar-refractivity contribution in [3.8, 4) is 5.75 Å². The molecule has 1 aromatic carbocycles. The van der Waals surface area contributed by atoms with Gasteiger partial charge in [0, 0.05) is 23.6 Å². The lowest BCUT2D eigenvalue weighted by Gasteiger charge is -2.63. The summed E-state index contributed by atoms with van der Waals surface area (Å²) in [6.45, 7) is 0.576. The molecule has 27 heavy (non-hydrogen) atoms. The van der Waals surface area contributed by atoms with Crippen LogP contribution in [0, 0.1) is 11.7 Å². The Bertz CT molecular complexity index is 758. The molecule has 3 fully saturated rings. The van der Waals surface area contributed by atoms with Crippen LogP contribution in [0.4, 0.5) is 4.39 Å². The van der Waals surface area contributed by atoms with E-state index in [1.165, 1.54) is 12.1 Å². The summed E-state index contributed by atoms with van der Waals surface area (Å²) in [6, 6.07) is 3.75. The van der Waals surface area contributed by atoms with E-state index in [2.05, 4.69) is 16.0 Å². The van der Waals surface area contributed by atoms with Gasteiger partial charge in [0.2, 0.25) is 5.91 Å². The molecule has 2 saturated carbocycles. The zero-order valence-corrected chi connectivity index (χ0v) is 15.4. The molecule has 146 valence electrons. The number of rotatable bonds is 6. The summed E-state index contributed by atoms with van der Waals surface area (Å²) < 4.78 is 23.9. The zero-order valence-electron chi connectivity index (χ0n) is 14.6. The largest absolute Gasteiger partial charge is 0.484 e. The van der Waals surface area contributed by atoms with Gasteiger partial charge >= 0.3 is 0 Å². The third-order valence-corrected chi connectivity index (χ3v) is 6.00. The molecule has 4 unspecified atom stereocenters. The van der Waals surface area contributed by atoms with Crippen LogP contribution in [0.2, 0.25) is 5.02 Å². The van der Waals surface area contributed by atoms with Crippen LogP contribution in [0.1, 0.15) is 19.3 Å². The van der Waals surface area contributed by atoms with Gasteiger partial charge < -0.3 is 20.1 Å². The van der Waals surface area contributed by atoms with Crippen molar-refractivity contribution < 1.29 is 23.5 Å². The average molecular weight is 398 g/mol. The van der Waals surface area contributed by atoms with E-state index in [0.717, 1.165) is 18.9 Å². The van der Waals surface area contributed by atoms with E-state index in [1.807, 2.05) is 0 Å². The first-order valence-corrected chi connectivity index (χ1v) is 9.35. The number of benzene rings is 1. The Morgan fingerprint density at radius 1 is 1.44 bits per heavy atom. The molecule has 4 rings (SSSR count). The number of nitrogens with one attached hydrogen (secondary N) is 3. The number of ether oxygens (including phenoxy) is 2. The maximum absolute atomic E-state index is 13.4. The van der Waals surface area contributed by atoms with Gasteiger partial charge in [-0.3, -0.25) is 14.9 Å². The van der Waals surface area contributed by atoms with Gasteiger partial charge in [0.15, 0.2) is 6.61 Å². The van der Waals surface area contributed by atoms with Crippen LogP contribution in [0.5, 0.6) is 5.75 Å². The smallest absolute Gasteiger partial charge is 0.258 e.